The maximum Gasteiger partial charge on any atom is 0.416 e. The van der Waals surface area contributed by atoms with Gasteiger partial charge in [-0.2, -0.15) is 13.2 Å². The number of amides is 1. The van der Waals surface area contributed by atoms with Crippen LogP contribution in [0, 0.1) is 0 Å². The highest BCUT2D eigenvalue weighted by Crippen LogP contribution is 2.34. The van der Waals surface area contributed by atoms with Crippen molar-refractivity contribution in [3.63, 3.8) is 0 Å². The van der Waals surface area contributed by atoms with E-state index in [9.17, 15) is 27.6 Å². The van der Waals surface area contributed by atoms with E-state index < -0.39 is 29.4 Å². The molecular formula is C21H15ClF3NO5. The lowest BCUT2D eigenvalue weighted by Crippen LogP contribution is -2.15. The number of rotatable bonds is 6. The minimum Gasteiger partial charge on any atom is -0.469 e. The topological polar surface area (TPSA) is 85.6 Å². The summed E-state index contributed by atoms with van der Waals surface area (Å²) in [5.41, 5.74) is -0.689. The molecule has 1 N–H and O–H groups in total. The molecule has 1 aromatic heterocycles. The predicted octanol–water partition coefficient (Wildman–Crippen LogP) is 5.49. The molecule has 0 aliphatic carbocycles. The van der Waals surface area contributed by atoms with E-state index in [1.807, 2.05) is 0 Å². The van der Waals surface area contributed by atoms with Crippen LogP contribution in [0.4, 0.5) is 18.9 Å². The monoisotopic (exact) mass is 453 g/mol. The summed E-state index contributed by atoms with van der Waals surface area (Å²) in [5, 5.41) is 3.15. The lowest BCUT2D eigenvalue weighted by Gasteiger charge is -2.09. The van der Waals surface area contributed by atoms with Crippen molar-refractivity contribution in [3.05, 3.63) is 64.4 Å². The number of benzene rings is 2. The number of fused-ring (bicyclic) bond motifs is 1. The first kappa shape index (κ1) is 22.4. The standard InChI is InChI=1S/C21H15ClF3NO5/c1-30-17(28)9-7-15(27)19-18(14-10-13(22)6-8-16(14)31-19)26-20(29)11-2-4-12(5-3-11)21(23,24)25/h2-6,8,10H,7,9H2,1H3,(H,26,29). The van der Waals surface area contributed by atoms with Gasteiger partial charge in [-0.3, -0.25) is 14.4 Å². The predicted molar refractivity (Wildman–Crippen MR) is 106 cm³/mol. The number of methoxy groups -OCH3 is 1. The molecule has 0 atom stereocenters. The van der Waals surface area contributed by atoms with Crippen LogP contribution in [0.3, 0.4) is 0 Å². The highest BCUT2D eigenvalue weighted by Gasteiger charge is 2.30. The Morgan fingerprint density at radius 2 is 1.74 bits per heavy atom. The minimum absolute atomic E-state index is 0.0114. The first-order chi connectivity index (χ1) is 14.6. The zero-order chi connectivity index (χ0) is 22.8. The second-order valence-corrected chi connectivity index (χ2v) is 6.91. The number of ketones is 1. The van der Waals surface area contributed by atoms with Gasteiger partial charge in [-0.1, -0.05) is 11.6 Å². The average molecular weight is 454 g/mol. The van der Waals surface area contributed by atoms with Crippen LogP contribution in [0.25, 0.3) is 11.0 Å². The van der Waals surface area contributed by atoms with E-state index in [1.165, 1.54) is 25.3 Å². The lowest BCUT2D eigenvalue weighted by atomic mass is 10.1. The van der Waals surface area contributed by atoms with Gasteiger partial charge >= 0.3 is 12.1 Å². The number of esters is 1. The second-order valence-electron chi connectivity index (χ2n) is 6.48. The number of halogens is 4. The molecule has 1 heterocycles. The quantitative estimate of drug-likeness (QED) is 0.394. The molecule has 0 bridgehead atoms. The fourth-order valence-corrected chi connectivity index (χ4v) is 2.99. The van der Waals surface area contributed by atoms with E-state index in [0.717, 1.165) is 24.3 Å². The van der Waals surface area contributed by atoms with Crippen molar-refractivity contribution in [2.24, 2.45) is 0 Å². The van der Waals surface area contributed by atoms with Crippen LogP contribution in [-0.2, 0) is 15.7 Å². The zero-order valence-electron chi connectivity index (χ0n) is 16.0. The van der Waals surface area contributed by atoms with Crippen LogP contribution in [0.2, 0.25) is 5.02 Å². The van der Waals surface area contributed by atoms with E-state index in [-0.39, 0.29) is 35.4 Å². The van der Waals surface area contributed by atoms with Gasteiger partial charge in [-0.05, 0) is 42.5 Å². The number of anilines is 1. The Bertz CT molecular complexity index is 1150. The van der Waals surface area contributed by atoms with Gasteiger partial charge in [0, 0.05) is 22.4 Å². The number of carbonyl (C=O) groups is 3. The number of hydrogen-bond donors (Lipinski definition) is 1. The molecule has 3 aromatic rings. The molecule has 0 radical (unpaired) electrons. The van der Waals surface area contributed by atoms with Gasteiger partial charge in [0.05, 0.1) is 24.8 Å². The third-order valence-electron chi connectivity index (χ3n) is 4.40. The summed E-state index contributed by atoms with van der Waals surface area (Å²) in [6.45, 7) is 0. The van der Waals surface area contributed by atoms with Crippen molar-refractivity contribution < 1.29 is 36.7 Å². The summed E-state index contributed by atoms with van der Waals surface area (Å²) < 4.78 is 48.3. The van der Waals surface area contributed by atoms with Crippen molar-refractivity contribution in [1.29, 1.82) is 0 Å². The van der Waals surface area contributed by atoms with Crippen molar-refractivity contribution >= 4 is 45.9 Å². The van der Waals surface area contributed by atoms with Crippen molar-refractivity contribution in [2.45, 2.75) is 19.0 Å². The first-order valence-electron chi connectivity index (χ1n) is 8.91. The summed E-state index contributed by atoms with van der Waals surface area (Å²) >= 11 is 6.01. The molecule has 10 heteroatoms. The number of alkyl halides is 3. The smallest absolute Gasteiger partial charge is 0.416 e. The number of ether oxygens (including phenoxy) is 1. The van der Waals surface area contributed by atoms with Crippen molar-refractivity contribution in [1.82, 2.24) is 0 Å². The van der Waals surface area contributed by atoms with Gasteiger partial charge in [-0.25, -0.2) is 0 Å². The van der Waals surface area contributed by atoms with E-state index in [2.05, 4.69) is 10.1 Å². The maximum absolute atomic E-state index is 12.7. The van der Waals surface area contributed by atoms with E-state index >= 15 is 0 Å². The van der Waals surface area contributed by atoms with E-state index in [0.29, 0.717) is 10.4 Å². The summed E-state index contributed by atoms with van der Waals surface area (Å²) in [4.78, 5) is 36.6. The number of Topliss-reactive ketones (excluding diaryl/α,β-unsaturated/α-hetero) is 1. The van der Waals surface area contributed by atoms with Crippen LogP contribution in [0.15, 0.2) is 46.9 Å². The fourth-order valence-electron chi connectivity index (χ4n) is 2.82. The van der Waals surface area contributed by atoms with Gasteiger partial charge < -0.3 is 14.5 Å². The fraction of sp³-hybridized carbons (Fsp3) is 0.190. The van der Waals surface area contributed by atoms with Gasteiger partial charge in [0.15, 0.2) is 5.76 Å². The van der Waals surface area contributed by atoms with E-state index in [1.54, 1.807) is 0 Å². The molecule has 31 heavy (non-hydrogen) atoms. The highest BCUT2D eigenvalue weighted by atomic mass is 35.5. The molecule has 0 fully saturated rings. The molecule has 0 saturated carbocycles. The first-order valence-corrected chi connectivity index (χ1v) is 9.28. The SMILES string of the molecule is COC(=O)CCC(=O)c1oc2ccc(Cl)cc2c1NC(=O)c1ccc(C(F)(F)F)cc1. The van der Waals surface area contributed by atoms with Gasteiger partial charge in [0.25, 0.3) is 5.91 Å². The molecule has 6 nitrogen and oxygen atoms in total. The largest absolute Gasteiger partial charge is 0.469 e. The number of furan rings is 1. The van der Waals surface area contributed by atoms with Gasteiger partial charge in [0.2, 0.25) is 5.78 Å². The molecule has 0 aliphatic rings. The summed E-state index contributed by atoms with van der Waals surface area (Å²) in [6, 6.07) is 8.10. The molecular weight excluding hydrogens is 439 g/mol. The van der Waals surface area contributed by atoms with E-state index in [4.69, 9.17) is 16.0 Å². The Balaban J connectivity index is 1.94. The third-order valence-corrected chi connectivity index (χ3v) is 4.64. The van der Waals surface area contributed by atoms with Crippen LogP contribution >= 0.6 is 11.6 Å². The Morgan fingerprint density at radius 1 is 1.06 bits per heavy atom. The van der Waals surface area contributed by atoms with Crippen LogP contribution < -0.4 is 5.32 Å². The second kappa shape index (κ2) is 8.81. The van der Waals surface area contributed by atoms with Crippen LogP contribution in [0.5, 0.6) is 0 Å². The molecule has 0 spiro atoms. The molecule has 2 aromatic carbocycles. The Morgan fingerprint density at radius 3 is 2.35 bits per heavy atom. The number of hydrogen-bond acceptors (Lipinski definition) is 5. The Labute approximate surface area is 178 Å². The average Bonchev–Trinajstić information content (AvgIpc) is 3.08. The zero-order valence-corrected chi connectivity index (χ0v) is 16.8. The summed E-state index contributed by atoms with van der Waals surface area (Å²) in [7, 11) is 1.19. The lowest BCUT2D eigenvalue weighted by molar-refractivity contribution is -0.140. The normalized spacial score (nSPS) is 11.4. The van der Waals surface area contributed by atoms with Crippen molar-refractivity contribution in [3.8, 4) is 0 Å². The molecule has 162 valence electrons. The van der Waals surface area contributed by atoms with Crippen LogP contribution in [-0.4, -0.2) is 24.8 Å². The minimum atomic E-state index is -4.54. The Kier molecular flexibility index (Phi) is 6.35. The molecule has 3 rings (SSSR count). The van der Waals surface area contributed by atoms with Crippen molar-refractivity contribution in [2.75, 3.05) is 12.4 Å². The summed E-state index contributed by atoms with van der Waals surface area (Å²) in [5.74, 6) is -2.12. The van der Waals surface area contributed by atoms with Crippen LogP contribution in [0.1, 0.15) is 39.3 Å². The highest BCUT2D eigenvalue weighted by molar-refractivity contribution is 6.31. The van der Waals surface area contributed by atoms with Gasteiger partial charge in [-0.15, -0.1) is 0 Å². The molecule has 1 amide bonds. The molecule has 0 saturated heterocycles. The van der Waals surface area contributed by atoms with Gasteiger partial charge in [0.1, 0.15) is 5.58 Å². The number of carbonyl (C=O) groups excluding carboxylic acids is 3. The Hall–Kier alpha value is -3.33. The molecule has 0 aliphatic heterocycles. The third kappa shape index (κ3) is 5.05. The summed E-state index contributed by atoms with van der Waals surface area (Å²) in [6.07, 6.45) is -4.96. The molecule has 0 unspecified atom stereocenters. The maximum atomic E-state index is 12.7. The number of nitrogens with one attached hydrogen (secondary N) is 1.